The SMILES string of the molecule is C#C[C@]1(O)CC[C@H]2[C@@H]3CCC4=CC(=O)CCC4=C3CCC21C. The lowest BCUT2D eigenvalue weighted by molar-refractivity contribution is -0.114. The van der Waals surface area contributed by atoms with E-state index in [1.807, 2.05) is 6.08 Å². The third-order valence-corrected chi connectivity index (χ3v) is 7.12. The zero-order valence-corrected chi connectivity index (χ0v) is 13.3. The fourth-order valence-corrected chi connectivity index (χ4v) is 5.79. The van der Waals surface area contributed by atoms with Gasteiger partial charge in [0.15, 0.2) is 5.78 Å². The summed E-state index contributed by atoms with van der Waals surface area (Å²) in [4.78, 5) is 11.7. The molecular formula is C20H24O2. The first-order valence-electron chi connectivity index (χ1n) is 8.64. The Kier molecular flexibility index (Phi) is 2.97. The van der Waals surface area contributed by atoms with Crippen molar-refractivity contribution in [3.8, 4) is 12.3 Å². The van der Waals surface area contributed by atoms with Crippen LogP contribution in [-0.4, -0.2) is 16.5 Å². The van der Waals surface area contributed by atoms with E-state index in [2.05, 4.69) is 12.8 Å². The Morgan fingerprint density at radius 2 is 2.05 bits per heavy atom. The summed E-state index contributed by atoms with van der Waals surface area (Å²) >= 11 is 0. The molecule has 2 heteroatoms. The van der Waals surface area contributed by atoms with Crippen molar-refractivity contribution in [2.45, 2.75) is 63.9 Å². The van der Waals surface area contributed by atoms with E-state index in [0.717, 1.165) is 44.9 Å². The van der Waals surface area contributed by atoms with Gasteiger partial charge >= 0.3 is 0 Å². The maximum atomic E-state index is 11.7. The molecule has 0 heterocycles. The van der Waals surface area contributed by atoms with Gasteiger partial charge in [0.25, 0.3) is 0 Å². The monoisotopic (exact) mass is 296 g/mol. The molecule has 0 spiro atoms. The Morgan fingerprint density at radius 3 is 2.82 bits per heavy atom. The number of carbonyl (C=O) groups excluding carboxylic acids is 1. The van der Waals surface area contributed by atoms with Crippen LogP contribution in [-0.2, 0) is 4.79 Å². The highest BCUT2D eigenvalue weighted by Gasteiger charge is 2.60. The third-order valence-electron chi connectivity index (χ3n) is 7.12. The van der Waals surface area contributed by atoms with E-state index in [0.29, 0.717) is 24.0 Å². The number of ketones is 1. The number of terminal acetylenes is 1. The number of allylic oxidation sites excluding steroid dienone is 4. The van der Waals surface area contributed by atoms with Gasteiger partial charge in [-0.15, -0.1) is 6.42 Å². The second-order valence-corrected chi connectivity index (χ2v) is 7.85. The lowest BCUT2D eigenvalue weighted by Crippen LogP contribution is -2.48. The van der Waals surface area contributed by atoms with Gasteiger partial charge in [-0.1, -0.05) is 18.4 Å². The van der Waals surface area contributed by atoms with Crippen LogP contribution in [0.15, 0.2) is 22.8 Å². The van der Waals surface area contributed by atoms with Gasteiger partial charge in [-0.25, -0.2) is 0 Å². The summed E-state index contributed by atoms with van der Waals surface area (Å²) in [5.41, 5.74) is 3.31. The molecule has 2 nitrogen and oxygen atoms in total. The molecule has 0 bridgehead atoms. The predicted octanol–water partition coefficient (Wildman–Crippen LogP) is 3.56. The van der Waals surface area contributed by atoms with Crippen LogP contribution in [0.4, 0.5) is 0 Å². The molecule has 4 aliphatic rings. The van der Waals surface area contributed by atoms with E-state index >= 15 is 0 Å². The number of carbonyl (C=O) groups is 1. The normalized spacial score (nSPS) is 43.9. The molecule has 2 saturated carbocycles. The van der Waals surface area contributed by atoms with E-state index < -0.39 is 5.60 Å². The van der Waals surface area contributed by atoms with Gasteiger partial charge in [0.1, 0.15) is 5.60 Å². The van der Waals surface area contributed by atoms with Crippen molar-refractivity contribution in [1.82, 2.24) is 0 Å². The van der Waals surface area contributed by atoms with Crippen molar-refractivity contribution < 1.29 is 9.90 Å². The van der Waals surface area contributed by atoms with Gasteiger partial charge in [-0.3, -0.25) is 4.79 Å². The average molecular weight is 296 g/mol. The zero-order chi connectivity index (χ0) is 15.5. The molecule has 0 aliphatic heterocycles. The molecule has 4 aliphatic carbocycles. The highest BCUT2D eigenvalue weighted by molar-refractivity contribution is 5.93. The molecule has 116 valence electrons. The Bertz CT molecular complexity index is 647. The van der Waals surface area contributed by atoms with Crippen molar-refractivity contribution in [1.29, 1.82) is 0 Å². The van der Waals surface area contributed by atoms with E-state index in [4.69, 9.17) is 6.42 Å². The van der Waals surface area contributed by atoms with E-state index in [1.165, 1.54) is 11.1 Å². The number of rotatable bonds is 0. The van der Waals surface area contributed by atoms with Gasteiger partial charge in [-0.05, 0) is 74.0 Å². The lowest BCUT2D eigenvalue weighted by Gasteiger charge is -2.50. The molecule has 4 rings (SSSR count). The van der Waals surface area contributed by atoms with Crippen LogP contribution >= 0.6 is 0 Å². The van der Waals surface area contributed by atoms with Gasteiger partial charge < -0.3 is 5.11 Å². The third kappa shape index (κ3) is 1.69. The molecule has 0 saturated heterocycles. The van der Waals surface area contributed by atoms with Crippen LogP contribution in [0.1, 0.15) is 58.3 Å². The minimum atomic E-state index is -0.924. The number of hydrogen-bond donors (Lipinski definition) is 1. The molecule has 0 aromatic carbocycles. The summed E-state index contributed by atoms with van der Waals surface area (Å²) in [6.45, 7) is 2.21. The van der Waals surface area contributed by atoms with Crippen molar-refractivity contribution in [3.63, 3.8) is 0 Å². The molecular weight excluding hydrogens is 272 g/mol. The van der Waals surface area contributed by atoms with Crippen LogP contribution in [0.2, 0.25) is 0 Å². The predicted molar refractivity (Wildman–Crippen MR) is 85.9 cm³/mol. The maximum absolute atomic E-state index is 11.7. The van der Waals surface area contributed by atoms with E-state index in [9.17, 15) is 9.90 Å². The summed E-state index contributed by atoms with van der Waals surface area (Å²) in [6, 6.07) is 0. The summed E-state index contributed by atoms with van der Waals surface area (Å²) in [6.07, 6.45) is 15.1. The van der Waals surface area contributed by atoms with E-state index in [1.54, 1.807) is 5.57 Å². The minimum Gasteiger partial charge on any atom is -0.377 e. The van der Waals surface area contributed by atoms with Gasteiger partial charge in [-0.2, -0.15) is 0 Å². The van der Waals surface area contributed by atoms with Gasteiger partial charge in [0.2, 0.25) is 0 Å². The molecule has 0 radical (unpaired) electrons. The average Bonchev–Trinajstić information content (AvgIpc) is 2.79. The smallest absolute Gasteiger partial charge is 0.156 e. The van der Waals surface area contributed by atoms with Crippen LogP contribution < -0.4 is 0 Å². The van der Waals surface area contributed by atoms with Gasteiger partial charge in [0.05, 0.1) is 0 Å². The van der Waals surface area contributed by atoms with E-state index in [-0.39, 0.29) is 5.41 Å². The lowest BCUT2D eigenvalue weighted by atomic mass is 9.55. The Labute approximate surface area is 132 Å². The van der Waals surface area contributed by atoms with Crippen LogP contribution in [0.3, 0.4) is 0 Å². The molecule has 22 heavy (non-hydrogen) atoms. The number of hydrogen-bond acceptors (Lipinski definition) is 2. The second-order valence-electron chi connectivity index (χ2n) is 7.85. The summed E-state index contributed by atoms with van der Waals surface area (Å²) in [5.74, 6) is 4.09. The number of fused-ring (bicyclic) bond motifs is 4. The minimum absolute atomic E-state index is 0.137. The van der Waals surface area contributed by atoms with Crippen LogP contribution in [0, 0.1) is 29.6 Å². The first-order valence-corrected chi connectivity index (χ1v) is 8.64. The Morgan fingerprint density at radius 1 is 1.23 bits per heavy atom. The maximum Gasteiger partial charge on any atom is 0.156 e. The highest BCUT2D eigenvalue weighted by atomic mass is 16.3. The van der Waals surface area contributed by atoms with Crippen molar-refractivity contribution in [3.05, 3.63) is 22.8 Å². The van der Waals surface area contributed by atoms with Gasteiger partial charge in [0, 0.05) is 11.8 Å². The molecule has 0 aromatic heterocycles. The quantitative estimate of drug-likeness (QED) is 0.694. The summed E-state index contributed by atoms with van der Waals surface area (Å²) in [5, 5.41) is 10.9. The number of aliphatic hydroxyl groups is 1. The van der Waals surface area contributed by atoms with Crippen LogP contribution in [0.5, 0.6) is 0 Å². The van der Waals surface area contributed by atoms with Crippen LogP contribution in [0.25, 0.3) is 0 Å². The van der Waals surface area contributed by atoms with Crippen molar-refractivity contribution >= 4 is 5.78 Å². The largest absolute Gasteiger partial charge is 0.377 e. The van der Waals surface area contributed by atoms with Crippen molar-refractivity contribution in [2.75, 3.05) is 0 Å². The topological polar surface area (TPSA) is 37.3 Å². The fraction of sp³-hybridized carbons (Fsp3) is 0.650. The highest BCUT2D eigenvalue weighted by Crippen LogP contribution is 2.63. The molecule has 1 unspecified atom stereocenters. The molecule has 2 fully saturated rings. The molecule has 0 amide bonds. The standard InChI is InChI=1S/C20H24O2/c1-3-20(22)11-9-18-17-6-4-13-12-14(21)5-7-15(13)16(17)8-10-19(18,20)2/h1,12,17-18,22H,4-11H2,2H3/t17-,18+,19?,20+/m1/s1. The molecule has 4 atom stereocenters. The second kappa shape index (κ2) is 4.59. The fourth-order valence-electron chi connectivity index (χ4n) is 5.79. The summed E-state index contributed by atoms with van der Waals surface area (Å²) in [7, 11) is 0. The first kappa shape index (κ1) is 14.3. The zero-order valence-electron chi connectivity index (χ0n) is 13.3. The Hall–Kier alpha value is -1.33. The Balaban J connectivity index is 1.75. The first-order chi connectivity index (χ1) is 10.5. The molecule has 0 aromatic rings. The molecule has 1 N–H and O–H groups in total. The summed E-state index contributed by atoms with van der Waals surface area (Å²) < 4.78 is 0. The van der Waals surface area contributed by atoms with Crippen molar-refractivity contribution in [2.24, 2.45) is 17.3 Å².